The Balaban J connectivity index is 1.81. The van der Waals surface area contributed by atoms with Gasteiger partial charge in [0.05, 0.1) is 23.2 Å². The first kappa shape index (κ1) is 16.1. The monoisotopic (exact) mass is 321 g/mol. The number of carbonyl (C=O) groups is 2. The standard InChI is InChI=1S/C15H16ClN3O3/c1-19(8-14(20)18-11-3-4-11)15(21)9-22-13-5-2-10(7-17)6-12(13)16/h2,5-6,11H,3-4,8-9H2,1H3,(H,18,20). The molecule has 1 aromatic rings. The Hall–Kier alpha value is -2.26. The topological polar surface area (TPSA) is 82.4 Å². The molecule has 0 saturated heterocycles. The zero-order chi connectivity index (χ0) is 16.1. The van der Waals surface area contributed by atoms with Crippen molar-refractivity contribution in [1.29, 1.82) is 5.26 Å². The molecule has 7 heteroatoms. The molecule has 1 N–H and O–H groups in total. The van der Waals surface area contributed by atoms with Crippen molar-refractivity contribution in [3.8, 4) is 11.8 Å². The number of nitrogens with one attached hydrogen (secondary N) is 1. The first-order valence-corrected chi connectivity index (χ1v) is 7.23. The molecule has 1 aliphatic carbocycles. The highest BCUT2D eigenvalue weighted by atomic mass is 35.5. The second-order valence-electron chi connectivity index (χ2n) is 5.14. The van der Waals surface area contributed by atoms with Gasteiger partial charge in [-0.05, 0) is 31.0 Å². The highest BCUT2D eigenvalue weighted by Gasteiger charge is 2.24. The van der Waals surface area contributed by atoms with Gasteiger partial charge in [-0.1, -0.05) is 11.6 Å². The van der Waals surface area contributed by atoms with E-state index < -0.39 is 0 Å². The molecule has 0 spiro atoms. The van der Waals surface area contributed by atoms with Crippen LogP contribution in [0.4, 0.5) is 0 Å². The Morgan fingerprint density at radius 3 is 2.82 bits per heavy atom. The molecule has 22 heavy (non-hydrogen) atoms. The number of hydrogen-bond acceptors (Lipinski definition) is 4. The van der Waals surface area contributed by atoms with Crippen molar-refractivity contribution < 1.29 is 14.3 Å². The van der Waals surface area contributed by atoms with Gasteiger partial charge in [0, 0.05) is 13.1 Å². The van der Waals surface area contributed by atoms with Crippen LogP contribution in [0.3, 0.4) is 0 Å². The van der Waals surface area contributed by atoms with Crippen LogP contribution in [0.25, 0.3) is 0 Å². The predicted octanol–water partition coefficient (Wildman–Crippen LogP) is 1.33. The van der Waals surface area contributed by atoms with Crippen LogP contribution < -0.4 is 10.1 Å². The minimum atomic E-state index is -0.327. The van der Waals surface area contributed by atoms with E-state index in [-0.39, 0.29) is 36.0 Å². The second-order valence-corrected chi connectivity index (χ2v) is 5.54. The van der Waals surface area contributed by atoms with E-state index in [0.717, 1.165) is 12.8 Å². The van der Waals surface area contributed by atoms with E-state index in [9.17, 15) is 9.59 Å². The Labute approximate surface area is 133 Å². The molecule has 1 fully saturated rings. The largest absolute Gasteiger partial charge is 0.482 e. The van der Waals surface area contributed by atoms with Crippen LogP contribution in [0.5, 0.6) is 5.75 Å². The molecule has 1 aliphatic rings. The number of halogens is 1. The summed E-state index contributed by atoms with van der Waals surface area (Å²) in [4.78, 5) is 24.8. The lowest BCUT2D eigenvalue weighted by Crippen LogP contribution is -2.40. The molecule has 2 amide bonds. The fraction of sp³-hybridized carbons (Fsp3) is 0.400. The van der Waals surface area contributed by atoms with Crippen molar-refractivity contribution >= 4 is 23.4 Å². The normalized spacial score (nSPS) is 13.1. The van der Waals surface area contributed by atoms with E-state index in [2.05, 4.69) is 5.32 Å². The minimum absolute atomic E-state index is 0.000203. The number of amides is 2. The molecular weight excluding hydrogens is 306 g/mol. The molecule has 0 radical (unpaired) electrons. The van der Waals surface area contributed by atoms with E-state index in [4.69, 9.17) is 21.6 Å². The molecule has 1 saturated carbocycles. The van der Waals surface area contributed by atoms with Crippen molar-refractivity contribution in [2.24, 2.45) is 0 Å². The van der Waals surface area contributed by atoms with Gasteiger partial charge in [0.25, 0.3) is 5.91 Å². The molecular formula is C15H16ClN3O3. The molecule has 6 nitrogen and oxygen atoms in total. The summed E-state index contributed by atoms with van der Waals surface area (Å²) in [7, 11) is 1.54. The van der Waals surface area contributed by atoms with Gasteiger partial charge in [-0.25, -0.2) is 0 Å². The van der Waals surface area contributed by atoms with Gasteiger partial charge in [-0.3, -0.25) is 9.59 Å². The molecule has 0 aromatic heterocycles. The summed E-state index contributed by atoms with van der Waals surface area (Å²) in [6.07, 6.45) is 2.01. The summed E-state index contributed by atoms with van der Waals surface area (Å²) >= 11 is 5.95. The van der Waals surface area contributed by atoms with Crippen LogP contribution >= 0.6 is 11.6 Å². The van der Waals surface area contributed by atoms with Gasteiger partial charge in [0.2, 0.25) is 5.91 Å². The van der Waals surface area contributed by atoms with E-state index >= 15 is 0 Å². The summed E-state index contributed by atoms with van der Waals surface area (Å²) < 4.78 is 5.33. The maximum absolute atomic E-state index is 11.9. The number of nitrogens with zero attached hydrogens (tertiary/aromatic N) is 2. The van der Waals surface area contributed by atoms with Crippen LogP contribution in [0, 0.1) is 11.3 Å². The third kappa shape index (κ3) is 4.64. The number of likely N-dealkylation sites (N-methyl/N-ethyl adjacent to an activating group) is 1. The van der Waals surface area contributed by atoms with E-state index in [1.54, 1.807) is 13.1 Å². The molecule has 0 unspecified atom stereocenters. The summed E-state index contributed by atoms with van der Waals surface area (Å²) in [5.41, 5.74) is 0.414. The lowest BCUT2D eigenvalue weighted by Gasteiger charge is -2.17. The predicted molar refractivity (Wildman–Crippen MR) is 80.5 cm³/mol. The van der Waals surface area contributed by atoms with Crippen molar-refractivity contribution in [3.05, 3.63) is 28.8 Å². The fourth-order valence-corrected chi connectivity index (χ4v) is 1.98. The number of benzene rings is 1. The Kier molecular flexibility index (Phi) is 5.23. The van der Waals surface area contributed by atoms with Crippen LogP contribution in [-0.4, -0.2) is 43.0 Å². The van der Waals surface area contributed by atoms with Gasteiger partial charge in [-0.2, -0.15) is 5.26 Å². The Morgan fingerprint density at radius 1 is 1.50 bits per heavy atom. The molecule has 2 rings (SSSR count). The van der Waals surface area contributed by atoms with E-state index in [1.807, 2.05) is 6.07 Å². The van der Waals surface area contributed by atoms with Crippen LogP contribution in [0.15, 0.2) is 18.2 Å². The molecule has 1 aromatic carbocycles. The first-order chi connectivity index (χ1) is 10.5. The summed E-state index contributed by atoms with van der Waals surface area (Å²) in [6, 6.07) is 6.79. The fourth-order valence-electron chi connectivity index (χ4n) is 1.74. The number of ether oxygens (including phenoxy) is 1. The van der Waals surface area contributed by atoms with Gasteiger partial charge in [-0.15, -0.1) is 0 Å². The summed E-state index contributed by atoms with van der Waals surface area (Å²) in [5.74, 6) is -0.175. The molecule has 0 aliphatic heterocycles. The van der Waals surface area contributed by atoms with Crippen LogP contribution in [-0.2, 0) is 9.59 Å². The third-order valence-corrected chi connectivity index (χ3v) is 3.46. The maximum Gasteiger partial charge on any atom is 0.260 e. The number of hydrogen-bond donors (Lipinski definition) is 1. The number of carbonyl (C=O) groups excluding carboxylic acids is 2. The average molecular weight is 322 g/mol. The first-order valence-electron chi connectivity index (χ1n) is 6.85. The van der Waals surface area contributed by atoms with Crippen LogP contribution in [0.1, 0.15) is 18.4 Å². The van der Waals surface area contributed by atoms with Crippen molar-refractivity contribution in [2.45, 2.75) is 18.9 Å². The Morgan fingerprint density at radius 2 is 2.23 bits per heavy atom. The van der Waals surface area contributed by atoms with E-state index in [1.165, 1.54) is 17.0 Å². The summed E-state index contributed by atoms with van der Waals surface area (Å²) in [6.45, 7) is -0.224. The summed E-state index contributed by atoms with van der Waals surface area (Å²) in [5, 5.41) is 11.8. The molecule has 0 atom stereocenters. The van der Waals surface area contributed by atoms with Crippen LogP contribution in [0.2, 0.25) is 5.02 Å². The number of rotatable bonds is 6. The van der Waals surface area contributed by atoms with Gasteiger partial charge < -0.3 is 15.0 Å². The lowest BCUT2D eigenvalue weighted by atomic mass is 10.2. The molecule has 116 valence electrons. The zero-order valence-electron chi connectivity index (χ0n) is 12.1. The van der Waals surface area contributed by atoms with Crippen molar-refractivity contribution in [1.82, 2.24) is 10.2 Å². The van der Waals surface area contributed by atoms with Gasteiger partial charge in [0.15, 0.2) is 6.61 Å². The quantitative estimate of drug-likeness (QED) is 0.857. The minimum Gasteiger partial charge on any atom is -0.482 e. The molecule has 0 bridgehead atoms. The lowest BCUT2D eigenvalue weighted by molar-refractivity contribution is -0.136. The SMILES string of the molecule is CN(CC(=O)NC1CC1)C(=O)COc1ccc(C#N)cc1Cl. The second kappa shape index (κ2) is 7.14. The van der Waals surface area contributed by atoms with Gasteiger partial charge >= 0.3 is 0 Å². The molecule has 0 heterocycles. The smallest absolute Gasteiger partial charge is 0.260 e. The number of nitriles is 1. The van der Waals surface area contributed by atoms with Crippen molar-refractivity contribution in [3.63, 3.8) is 0 Å². The highest BCUT2D eigenvalue weighted by Crippen LogP contribution is 2.25. The Bertz CT molecular complexity index is 623. The van der Waals surface area contributed by atoms with Gasteiger partial charge in [0.1, 0.15) is 5.75 Å². The van der Waals surface area contributed by atoms with E-state index in [0.29, 0.717) is 11.3 Å². The van der Waals surface area contributed by atoms with Crippen molar-refractivity contribution in [2.75, 3.05) is 20.2 Å². The maximum atomic E-state index is 11.9. The third-order valence-electron chi connectivity index (χ3n) is 3.16. The zero-order valence-corrected chi connectivity index (χ0v) is 12.9. The highest BCUT2D eigenvalue weighted by molar-refractivity contribution is 6.32. The average Bonchev–Trinajstić information content (AvgIpc) is 3.29.